The molecule has 0 aliphatic rings. The third kappa shape index (κ3) is 4.73. The molecule has 62 valence electrons. The molecule has 0 bridgehead atoms. The molecule has 0 saturated heterocycles. The van der Waals surface area contributed by atoms with Gasteiger partial charge < -0.3 is 15.6 Å². The van der Waals surface area contributed by atoms with E-state index < -0.39 is 6.10 Å². The number of nitrogens with two attached hydrogens (primary N) is 1. The first kappa shape index (κ1) is 9.88. The smallest absolute Gasteiger partial charge is 0.0895 e. The van der Waals surface area contributed by atoms with E-state index in [4.69, 9.17) is 15.6 Å². The number of aliphatic hydroxyl groups excluding tert-OH is 1. The molecule has 0 aromatic carbocycles. The van der Waals surface area contributed by atoms with Gasteiger partial charge in [-0.1, -0.05) is 6.92 Å². The van der Waals surface area contributed by atoms with Gasteiger partial charge in [-0.05, 0) is 13.3 Å². The Labute approximate surface area is 62.2 Å². The third-order valence-corrected chi connectivity index (χ3v) is 1.42. The maximum absolute atomic E-state index is 8.95. The standard InChI is InChI=1S/C7H17NO2/c1-3-6(2)10-5-7(9)4-8/h6-7,9H,3-5,8H2,1-2H3. The second-order valence-electron chi connectivity index (χ2n) is 2.44. The quantitative estimate of drug-likeness (QED) is 0.580. The zero-order valence-corrected chi connectivity index (χ0v) is 6.71. The van der Waals surface area contributed by atoms with Gasteiger partial charge in [-0.2, -0.15) is 0 Å². The fraction of sp³-hybridized carbons (Fsp3) is 1.00. The third-order valence-electron chi connectivity index (χ3n) is 1.42. The number of hydrogen-bond acceptors (Lipinski definition) is 3. The van der Waals surface area contributed by atoms with Crippen LogP contribution in [-0.2, 0) is 4.74 Å². The van der Waals surface area contributed by atoms with Crippen LogP contribution in [0.25, 0.3) is 0 Å². The second kappa shape index (κ2) is 5.65. The van der Waals surface area contributed by atoms with Gasteiger partial charge in [0.05, 0.1) is 18.8 Å². The number of aliphatic hydroxyl groups is 1. The van der Waals surface area contributed by atoms with Crippen molar-refractivity contribution in [3.8, 4) is 0 Å². The number of ether oxygens (including phenoxy) is 1. The first-order chi connectivity index (χ1) is 4.70. The number of rotatable bonds is 5. The van der Waals surface area contributed by atoms with Crippen molar-refractivity contribution in [2.45, 2.75) is 32.5 Å². The number of hydrogen-bond donors (Lipinski definition) is 2. The highest BCUT2D eigenvalue weighted by Crippen LogP contribution is 1.96. The predicted octanol–water partition coefficient (Wildman–Crippen LogP) is 0.121. The second-order valence-corrected chi connectivity index (χ2v) is 2.44. The summed E-state index contributed by atoms with van der Waals surface area (Å²) >= 11 is 0. The average Bonchev–Trinajstić information content (AvgIpc) is 1.99. The maximum atomic E-state index is 8.95. The van der Waals surface area contributed by atoms with E-state index in [-0.39, 0.29) is 12.6 Å². The lowest BCUT2D eigenvalue weighted by molar-refractivity contribution is 0.000747. The molecule has 3 N–H and O–H groups in total. The van der Waals surface area contributed by atoms with Gasteiger partial charge in [-0.15, -0.1) is 0 Å². The molecule has 0 amide bonds. The highest BCUT2D eigenvalue weighted by atomic mass is 16.5. The average molecular weight is 147 g/mol. The zero-order valence-electron chi connectivity index (χ0n) is 6.71. The molecule has 0 aliphatic heterocycles. The van der Waals surface area contributed by atoms with Crippen molar-refractivity contribution >= 4 is 0 Å². The van der Waals surface area contributed by atoms with Crippen LogP contribution in [0.15, 0.2) is 0 Å². The van der Waals surface area contributed by atoms with Crippen molar-refractivity contribution in [1.82, 2.24) is 0 Å². The van der Waals surface area contributed by atoms with Crippen LogP contribution in [0.2, 0.25) is 0 Å². The molecular formula is C7H17NO2. The van der Waals surface area contributed by atoms with Crippen LogP contribution < -0.4 is 5.73 Å². The molecule has 2 unspecified atom stereocenters. The van der Waals surface area contributed by atoms with Crippen LogP contribution in [0.5, 0.6) is 0 Å². The molecule has 0 rings (SSSR count). The predicted molar refractivity (Wildman–Crippen MR) is 40.8 cm³/mol. The molecule has 0 heterocycles. The SMILES string of the molecule is CCC(C)OCC(O)CN. The van der Waals surface area contributed by atoms with Crippen LogP contribution >= 0.6 is 0 Å². The van der Waals surface area contributed by atoms with Crippen LogP contribution in [0.3, 0.4) is 0 Å². The molecular weight excluding hydrogens is 130 g/mol. The van der Waals surface area contributed by atoms with Crippen molar-refractivity contribution in [1.29, 1.82) is 0 Å². The molecule has 0 fully saturated rings. The van der Waals surface area contributed by atoms with E-state index in [2.05, 4.69) is 0 Å². The van der Waals surface area contributed by atoms with Gasteiger partial charge in [0.15, 0.2) is 0 Å². The van der Waals surface area contributed by atoms with Crippen molar-refractivity contribution in [2.75, 3.05) is 13.2 Å². The first-order valence-corrected chi connectivity index (χ1v) is 3.70. The molecule has 2 atom stereocenters. The largest absolute Gasteiger partial charge is 0.389 e. The Balaban J connectivity index is 3.17. The zero-order chi connectivity index (χ0) is 7.98. The van der Waals surface area contributed by atoms with E-state index in [1.807, 2.05) is 13.8 Å². The highest BCUT2D eigenvalue weighted by molar-refractivity contribution is 4.54. The van der Waals surface area contributed by atoms with Crippen molar-refractivity contribution in [3.05, 3.63) is 0 Å². The van der Waals surface area contributed by atoms with Crippen LogP contribution in [0.1, 0.15) is 20.3 Å². The molecule has 10 heavy (non-hydrogen) atoms. The molecule has 3 nitrogen and oxygen atoms in total. The van der Waals surface area contributed by atoms with Gasteiger partial charge in [-0.3, -0.25) is 0 Å². The fourth-order valence-electron chi connectivity index (χ4n) is 0.461. The Kier molecular flexibility index (Phi) is 5.58. The maximum Gasteiger partial charge on any atom is 0.0895 e. The normalized spacial score (nSPS) is 16.8. The van der Waals surface area contributed by atoms with Gasteiger partial charge >= 0.3 is 0 Å². The molecule has 0 aromatic heterocycles. The molecule has 0 radical (unpaired) electrons. The topological polar surface area (TPSA) is 55.5 Å². The summed E-state index contributed by atoms with van der Waals surface area (Å²) in [5, 5.41) is 8.95. The molecule has 0 saturated carbocycles. The summed E-state index contributed by atoms with van der Waals surface area (Å²) in [5.74, 6) is 0. The highest BCUT2D eigenvalue weighted by Gasteiger charge is 2.03. The monoisotopic (exact) mass is 147 g/mol. The van der Waals surface area contributed by atoms with Crippen molar-refractivity contribution in [3.63, 3.8) is 0 Å². The summed E-state index contributed by atoms with van der Waals surface area (Å²) in [6.45, 7) is 4.64. The Bertz CT molecular complexity index is 68.0. The van der Waals surface area contributed by atoms with Crippen molar-refractivity contribution in [2.24, 2.45) is 5.73 Å². The molecule has 3 heteroatoms. The Hall–Kier alpha value is -0.120. The fourth-order valence-corrected chi connectivity index (χ4v) is 0.461. The Morgan fingerprint density at radius 1 is 1.60 bits per heavy atom. The molecule has 0 spiro atoms. The van der Waals surface area contributed by atoms with Gasteiger partial charge in [0.1, 0.15) is 0 Å². The van der Waals surface area contributed by atoms with Gasteiger partial charge in [-0.25, -0.2) is 0 Å². The van der Waals surface area contributed by atoms with Crippen LogP contribution in [0, 0.1) is 0 Å². The van der Waals surface area contributed by atoms with E-state index in [9.17, 15) is 0 Å². The van der Waals surface area contributed by atoms with E-state index >= 15 is 0 Å². The molecule has 0 aliphatic carbocycles. The Morgan fingerprint density at radius 2 is 2.20 bits per heavy atom. The lowest BCUT2D eigenvalue weighted by Gasteiger charge is -2.13. The van der Waals surface area contributed by atoms with Crippen LogP contribution in [0.4, 0.5) is 0 Å². The van der Waals surface area contributed by atoms with Crippen LogP contribution in [-0.4, -0.2) is 30.5 Å². The summed E-state index contributed by atoms with van der Waals surface area (Å²) in [4.78, 5) is 0. The van der Waals surface area contributed by atoms with Gasteiger partial charge in [0.25, 0.3) is 0 Å². The van der Waals surface area contributed by atoms with E-state index in [0.29, 0.717) is 6.61 Å². The summed E-state index contributed by atoms with van der Waals surface area (Å²) in [6, 6.07) is 0. The first-order valence-electron chi connectivity index (χ1n) is 3.70. The Morgan fingerprint density at radius 3 is 2.60 bits per heavy atom. The van der Waals surface area contributed by atoms with E-state index in [0.717, 1.165) is 6.42 Å². The van der Waals surface area contributed by atoms with E-state index in [1.165, 1.54) is 0 Å². The lowest BCUT2D eigenvalue weighted by atomic mass is 10.3. The van der Waals surface area contributed by atoms with Gasteiger partial charge in [0.2, 0.25) is 0 Å². The summed E-state index contributed by atoms with van der Waals surface area (Å²) in [7, 11) is 0. The van der Waals surface area contributed by atoms with E-state index in [1.54, 1.807) is 0 Å². The lowest BCUT2D eigenvalue weighted by Crippen LogP contribution is -2.27. The summed E-state index contributed by atoms with van der Waals surface area (Å²) < 4.78 is 5.21. The minimum atomic E-state index is -0.506. The molecule has 0 aromatic rings. The minimum Gasteiger partial charge on any atom is -0.389 e. The van der Waals surface area contributed by atoms with Gasteiger partial charge in [0, 0.05) is 6.54 Å². The van der Waals surface area contributed by atoms with Crippen molar-refractivity contribution < 1.29 is 9.84 Å². The summed E-state index contributed by atoms with van der Waals surface area (Å²) in [5.41, 5.74) is 5.17. The summed E-state index contributed by atoms with van der Waals surface area (Å²) in [6.07, 6.45) is 0.687. The minimum absolute atomic E-state index is 0.223.